The summed E-state index contributed by atoms with van der Waals surface area (Å²) in [6.07, 6.45) is 2.62. The number of carboxylic acids is 1. The molecule has 0 fully saturated rings. The van der Waals surface area contributed by atoms with Crippen molar-refractivity contribution in [1.82, 2.24) is 10.3 Å². The van der Waals surface area contributed by atoms with E-state index in [1.165, 1.54) is 30.9 Å². The lowest BCUT2D eigenvalue weighted by atomic mass is 10.3. The number of aliphatic carboxylic acids is 1. The molecule has 0 unspecified atom stereocenters. The van der Waals surface area contributed by atoms with Crippen molar-refractivity contribution >= 4 is 23.6 Å². The van der Waals surface area contributed by atoms with Crippen LogP contribution < -0.4 is 5.32 Å². The molecule has 1 rings (SSSR count). The number of pyridine rings is 1. The fraction of sp³-hybridized carbons (Fsp3) is 0.364. The van der Waals surface area contributed by atoms with Crippen LogP contribution in [0.2, 0.25) is 0 Å². The van der Waals surface area contributed by atoms with Crippen LogP contribution in [0, 0.1) is 5.82 Å². The molecule has 0 aromatic carbocycles. The fourth-order valence-electron chi connectivity index (χ4n) is 1.25. The van der Waals surface area contributed by atoms with Gasteiger partial charge in [-0.1, -0.05) is 0 Å². The minimum absolute atomic E-state index is 0.214. The predicted molar refractivity (Wildman–Crippen MR) is 65.6 cm³/mol. The van der Waals surface area contributed by atoms with E-state index in [0.29, 0.717) is 11.3 Å². The number of thioether (sulfide) groups is 1. The Labute approximate surface area is 108 Å². The van der Waals surface area contributed by atoms with Crippen LogP contribution in [-0.4, -0.2) is 33.8 Å². The largest absolute Gasteiger partial charge is 0.480 e. The quantitative estimate of drug-likeness (QED) is 0.809. The highest BCUT2D eigenvalue weighted by molar-refractivity contribution is 7.98. The van der Waals surface area contributed by atoms with Gasteiger partial charge in [0.2, 0.25) is 5.91 Å². The lowest BCUT2D eigenvalue weighted by Crippen LogP contribution is -2.41. The van der Waals surface area contributed by atoms with Gasteiger partial charge in [0, 0.05) is 24.6 Å². The number of rotatable bonds is 6. The number of hydrogen-bond acceptors (Lipinski definition) is 4. The number of nitrogens with zero attached hydrogens (tertiary/aromatic N) is 1. The summed E-state index contributed by atoms with van der Waals surface area (Å²) >= 11 is 1.29. The lowest BCUT2D eigenvalue weighted by Gasteiger charge is -2.12. The number of carboxylic acid groups (broad SMARTS) is 1. The zero-order valence-corrected chi connectivity index (χ0v) is 10.5. The Morgan fingerprint density at radius 1 is 1.56 bits per heavy atom. The molecule has 5 nitrogen and oxygen atoms in total. The second kappa shape index (κ2) is 6.95. The SMILES string of the molecule is CC(=O)N[C@@H](CSCc1cncc(F)c1)C(=O)O. The molecule has 1 heterocycles. The maximum Gasteiger partial charge on any atom is 0.327 e. The van der Waals surface area contributed by atoms with Crippen molar-refractivity contribution in [3.05, 3.63) is 29.8 Å². The maximum absolute atomic E-state index is 12.8. The van der Waals surface area contributed by atoms with E-state index in [4.69, 9.17) is 5.11 Å². The number of carbonyl (C=O) groups excluding carboxylic acids is 1. The molecule has 1 amide bonds. The highest BCUT2D eigenvalue weighted by atomic mass is 32.2. The third-order valence-corrected chi connectivity index (χ3v) is 3.10. The zero-order chi connectivity index (χ0) is 13.5. The van der Waals surface area contributed by atoms with Crippen molar-refractivity contribution < 1.29 is 19.1 Å². The minimum Gasteiger partial charge on any atom is -0.480 e. The molecular weight excluding hydrogens is 259 g/mol. The van der Waals surface area contributed by atoms with Gasteiger partial charge in [0.1, 0.15) is 11.9 Å². The zero-order valence-electron chi connectivity index (χ0n) is 9.72. The van der Waals surface area contributed by atoms with E-state index in [-0.39, 0.29) is 5.75 Å². The van der Waals surface area contributed by atoms with E-state index < -0.39 is 23.7 Å². The van der Waals surface area contributed by atoms with Crippen molar-refractivity contribution in [2.75, 3.05) is 5.75 Å². The molecule has 1 aromatic heterocycles. The Balaban J connectivity index is 2.43. The van der Waals surface area contributed by atoms with Crippen LogP contribution in [0.3, 0.4) is 0 Å². The van der Waals surface area contributed by atoms with Crippen LogP contribution in [0.1, 0.15) is 12.5 Å². The maximum atomic E-state index is 12.8. The van der Waals surface area contributed by atoms with E-state index in [1.54, 1.807) is 0 Å². The first-order valence-electron chi connectivity index (χ1n) is 5.16. The third-order valence-electron chi connectivity index (χ3n) is 1.99. The van der Waals surface area contributed by atoms with Gasteiger partial charge in [0.05, 0.1) is 6.20 Å². The number of aromatic nitrogens is 1. The molecule has 0 spiro atoms. The van der Waals surface area contributed by atoms with Crippen molar-refractivity contribution in [2.24, 2.45) is 0 Å². The number of carbonyl (C=O) groups is 2. The van der Waals surface area contributed by atoms with E-state index in [9.17, 15) is 14.0 Å². The second-order valence-corrected chi connectivity index (χ2v) is 4.65. The Kier molecular flexibility index (Phi) is 5.57. The van der Waals surface area contributed by atoms with Gasteiger partial charge in [-0.25, -0.2) is 9.18 Å². The molecule has 0 saturated carbocycles. The van der Waals surface area contributed by atoms with Crippen molar-refractivity contribution in [1.29, 1.82) is 0 Å². The van der Waals surface area contributed by atoms with Gasteiger partial charge in [-0.3, -0.25) is 9.78 Å². The van der Waals surface area contributed by atoms with E-state index in [0.717, 1.165) is 6.20 Å². The van der Waals surface area contributed by atoms with Crippen LogP contribution in [0.25, 0.3) is 0 Å². The number of hydrogen-bond donors (Lipinski definition) is 2. The monoisotopic (exact) mass is 272 g/mol. The summed E-state index contributed by atoms with van der Waals surface area (Å²) in [5.41, 5.74) is 0.673. The molecule has 1 aromatic rings. The van der Waals surface area contributed by atoms with Crippen LogP contribution in [-0.2, 0) is 15.3 Å². The topological polar surface area (TPSA) is 79.3 Å². The fourth-order valence-corrected chi connectivity index (χ4v) is 2.22. The highest BCUT2D eigenvalue weighted by Crippen LogP contribution is 2.13. The third kappa shape index (κ3) is 5.13. The van der Waals surface area contributed by atoms with E-state index in [1.807, 2.05) is 0 Å². The van der Waals surface area contributed by atoms with Gasteiger partial charge in [0.25, 0.3) is 0 Å². The van der Waals surface area contributed by atoms with Gasteiger partial charge in [-0.15, -0.1) is 0 Å². The standard InChI is InChI=1S/C11H13FN2O3S/c1-7(15)14-10(11(16)17)6-18-5-8-2-9(12)4-13-3-8/h2-4,10H,5-6H2,1H3,(H,14,15)(H,16,17)/t10-/m0/s1. The molecule has 0 aliphatic heterocycles. The van der Waals surface area contributed by atoms with E-state index >= 15 is 0 Å². The van der Waals surface area contributed by atoms with Crippen LogP contribution >= 0.6 is 11.8 Å². The summed E-state index contributed by atoms with van der Waals surface area (Å²) in [6.45, 7) is 1.26. The van der Waals surface area contributed by atoms with Crippen molar-refractivity contribution in [2.45, 2.75) is 18.7 Å². The summed E-state index contributed by atoms with van der Waals surface area (Å²) in [4.78, 5) is 25.3. The molecular formula is C11H13FN2O3S. The number of amides is 1. The Morgan fingerprint density at radius 3 is 2.83 bits per heavy atom. The minimum atomic E-state index is -1.09. The summed E-state index contributed by atoms with van der Waals surface area (Å²) in [5, 5.41) is 11.2. The van der Waals surface area contributed by atoms with Crippen molar-refractivity contribution in [3.8, 4) is 0 Å². The smallest absolute Gasteiger partial charge is 0.327 e. The van der Waals surface area contributed by atoms with Crippen LogP contribution in [0.15, 0.2) is 18.5 Å². The molecule has 2 N–H and O–H groups in total. The lowest BCUT2D eigenvalue weighted by molar-refractivity contribution is -0.140. The summed E-state index contributed by atoms with van der Waals surface area (Å²) in [5.74, 6) is -1.25. The highest BCUT2D eigenvalue weighted by Gasteiger charge is 2.17. The second-order valence-electron chi connectivity index (χ2n) is 3.62. The van der Waals surface area contributed by atoms with Gasteiger partial charge in [-0.05, 0) is 11.6 Å². The van der Waals surface area contributed by atoms with Crippen molar-refractivity contribution in [3.63, 3.8) is 0 Å². The Bertz CT molecular complexity index is 442. The molecule has 18 heavy (non-hydrogen) atoms. The average Bonchev–Trinajstić information content (AvgIpc) is 2.27. The molecule has 98 valence electrons. The van der Waals surface area contributed by atoms with E-state index in [2.05, 4.69) is 10.3 Å². The Morgan fingerprint density at radius 2 is 2.28 bits per heavy atom. The van der Waals surface area contributed by atoms with Gasteiger partial charge >= 0.3 is 5.97 Å². The first kappa shape index (κ1) is 14.4. The first-order chi connectivity index (χ1) is 8.49. The van der Waals surface area contributed by atoms with Crippen LogP contribution in [0.5, 0.6) is 0 Å². The summed E-state index contributed by atoms with van der Waals surface area (Å²) < 4.78 is 12.8. The number of halogens is 1. The molecule has 7 heteroatoms. The molecule has 0 aliphatic carbocycles. The molecule has 0 bridgehead atoms. The van der Waals surface area contributed by atoms with Gasteiger partial charge in [0.15, 0.2) is 0 Å². The molecule has 0 aliphatic rings. The molecule has 0 saturated heterocycles. The number of nitrogens with one attached hydrogen (secondary N) is 1. The van der Waals surface area contributed by atoms with Gasteiger partial charge in [-0.2, -0.15) is 11.8 Å². The van der Waals surface area contributed by atoms with Crippen LogP contribution in [0.4, 0.5) is 4.39 Å². The predicted octanol–water partition coefficient (Wildman–Crippen LogP) is 1.04. The normalized spacial score (nSPS) is 11.9. The molecule has 0 radical (unpaired) electrons. The van der Waals surface area contributed by atoms with Gasteiger partial charge < -0.3 is 10.4 Å². The molecule has 1 atom stereocenters. The summed E-state index contributed by atoms with van der Waals surface area (Å²) in [7, 11) is 0. The first-order valence-corrected chi connectivity index (χ1v) is 6.31. The summed E-state index contributed by atoms with van der Waals surface area (Å²) in [6, 6.07) is 0.405. The Hall–Kier alpha value is -1.63. The average molecular weight is 272 g/mol.